The molecule has 0 radical (unpaired) electrons. The molecule has 4 nitrogen and oxygen atoms in total. The minimum Gasteiger partial charge on any atom is -0.378 e. The van der Waals surface area contributed by atoms with Crippen molar-refractivity contribution < 1.29 is 9.53 Å². The molecule has 19 heavy (non-hydrogen) atoms. The Morgan fingerprint density at radius 3 is 2.53 bits per heavy atom. The fourth-order valence-electron chi connectivity index (χ4n) is 2.26. The van der Waals surface area contributed by atoms with Crippen LogP contribution in [-0.4, -0.2) is 41.7 Å². The summed E-state index contributed by atoms with van der Waals surface area (Å²) in [6.45, 7) is 2.60. The summed E-state index contributed by atoms with van der Waals surface area (Å²) in [5.41, 5.74) is 1.73. The topological polar surface area (TPSA) is 34.5 Å². The van der Waals surface area contributed by atoms with Gasteiger partial charge >= 0.3 is 0 Å². The molecule has 3 rings (SSSR count). The molecule has 0 saturated carbocycles. The van der Waals surface area contributed by atoms with Gasteiger partial charge in [-0.25, -0.2) is 0 Å². The lowest BCUT2D eigenvalue weighted by Crippen LogP contribution is -2.40. The molecule has 0 aliphatic carbocycles. The van der Waals surface area contributed by atoms with Gasteiger partial charge in [-0.15, -0.1) is 0 Å². The van der Waals surface area contributed by atoms with E-state index in [0.717, 1.165) is 11.3 Å². The van der Waals surface area contributed by atoms with Crippen LogP contribution in [0.5, 0.6) is 0 Å². The Bertz CT molecular complexity index is 557. The zero-order valence-corrected chi connectivity index (χ0v) is 10.7. The highest BCUT2D eigenvalue weighted by Gasteiger charge is 2.18. The first-order valence-electron chi connectivity index (χ1n) is 6.45. The number of rotatable bonds is 2. The predicted molar refractivity (Wildman–Crippen MR) is 72.5 cm³/mol. The molecule has 1 aromatic carbocycles. The number of hydrogen-bond acceptors (Lipinski definition) is 2. The molecule has 1 saturated heterocycles. The molecule has 1 fully saturated rings. The van der Waals surface area contributed by atoms with E-state index in [4.69, 9.17) is 4.74 Å². The lowest BCUT2D eigenvalue weighted by atomic mass is 10.1. The van der Waals surface area contributed by atoms with Crippen molar-refractivity contribution in [2.24, 2.45) is 0 Å². The van der Waals surface area contributed by atoms with Crippen LogP contribution in [0.1, 0.15) is 10.4 Å². The number of aromatic nitrogens is 1. The summed E-state index contributed by atoms with van der Waals surface area (Å²) in [4.78, 5) is 14.2. The maximum atomic E-state index is 12.4. The summed E-state index contributed by atoms with van der Waals surface area (Å²) >= 11 is 0. The molecule has 1 aliphatic heterocycles. The van der Waals surface area contributed by atoms with Gasteiger partial charge in [0.2, 0.25) is 0 Å². The van der Waals surface area contributed by atoms with Crippen molar-refractivity contribution in [3.05, 3.63) is 54.4 Å². The molecule has 1 aliphatic rings. The van der Waals surface area contributed by atoms with Gasteiger partial charge in [0.25, 0.3) is 5.91 Å². The number of morpholine rings is 1. The van der Waals surface area contributed by atoms with Gasteiger partial charge in [-0.1, -0.05) is 6.07 Å². The van der Waals surface area contributed by atoms with Crippen LogP contribution in [0.2, 0.25) is 0 Å². The van der Waals surface area contributed by atoms with Crippen LogP contribution in [0.4, 0.5) is 0 Å². The Hall–Kier alpha value is -2.07. The second-order valence-corrected chi connectivity index (χ2v) is 4.55. The van der Waals surface area contributed by atoms with E-state index in [2.05, 4.69) is 0 Å². The average Bonchev–Trinajstić information content (AvgIpc) is 3.02. The zero-order chi connectivity index (χ0) is 13.1. The first-order valence-corrected chi connectivity index (χ1v) is 6.45. The van der Waals surface area contributed by atoms with Gasteiger partial charge in [0.1, 0.15) is 0 Å². The number of amides is 1. The molecule has 4 heteroatoms. The quantitative estimate of drug-likeness (QED) is 0.823. The third kappa shape index (κ3) is 2.53. The van der Waals surface area contributed by atoms with E-state index >= 15 is 0 Å². The number of carbonyl (C=O) groups is 1. The van der Waals surface area contributed by atoms with Gasteiger partial charge in [-0.05, 0) is 30.3 Å². The van der Waals surface area contributed by atoms with Gasteiger partial charge in [-0.2, -0.15) is 0 Å². The molecule has 0 N–H and O–H groups in total. The Morgan fingerprint density at radius 1 is 1.05 bits per heavy atom. The van der Waals surface area contributed by atoms with E-state index in [9.17, 15) is 4.79 Å². The molecule has 0 unspecified atom stereocenters. The Kier molecular flexibility index (Phi) is 3.33. The lowest BCUT2D eigenvalue weighted by Gasteiger charge is -2.27. The number of hydrogen-bond donors (Lipinski definition) is 0. The summed E-state index contributed by atoms with van der Waals surface area (Å²) < 4.78 is 7.27. The third-order valence-electron chi connectivity index (χ3n) is 3.29. The highest BCUT2D eigenvalue weighted by Crippen LogP contribution is 2.13. The average molecular weight is 256 g/mol. The Labute approximate surface area is 112 Å². The van der Waals surface area contributed by atoms with E-state index in [0.29, 0.717) is 26.3 Å². The zero-order valence-electron chi connectivity index (χ0n) is 10.7. The minimum absolute atomic E-state index is 0.0808. The molecule has 2 heterocycles. The number of benzene rings is 1. The number of ether oxygens (including phenoxy) is 1. The molecule has 1 aromatic heterocycles. The normalized spacial score (nSPS) is 15.5. The van der Waals surface area contributed by atoms with E-state index in [1.165, 1.54) is 0 Å². The van der Waals surface area contributed by atoms with E-state index < -0.39 is 0 Å². The van der Waals surface area contributed by atoms with Crippen LogP contribution in [0, 0.1) is 0 Å². The van der Waals surface area contributed by atoms with Crippen molar-refractivity contribution in [3.8, 4) is 5.69 Å². The van der Waals surface area contributed by atoms with Crippen LogP contribution >= 0.6 is 0 Å². The molecule has 0 spiro atoms. The van der Waals surface area contributed by atoms with Crippen molar-refractivity contribution in [1.29, 1.82) is 0 Å². The highest BCUT2D eigenvalue weighted by atomic mass is 16.5. The number of carbonyl (C=O) groups excluding carboxylic acids is 1. The van der Waals surface area contributed by atoms with Crippen LogP contribution in [-0.2, 0) is 4.74 Å². The van der Waals surface area contributed by atoms with Gasteiger partial charge in [0.05, 0.1) is 13.2 Å². The summed E-state index contributed by atoms with van der Waals surface area (Å²) in [6, 6.07) is 11.6. The van der Waals surface area contributed by atoms with Crippen LogP contribution in [0.15, 0.2) is 48.8 Å². The summed E-state index contributed by atoms with van der Waals surface area (Å²) in [7, 11) is 0. The smallest absolute Gasteiger partial charge is 0.254 e. The largest absolute Gasteiger partial charge is 0.378 e. The third-order valence-corrected chi connectivity index (χ3v) is 3.29. The minimum atomic E-state index is 0.0808. The monoisotopic (exact) mass is 256 g/mol. The van der Waals surface area contributed by atoms with Gasteiger partial charge in [-0.3, -0.25) is 4.79 Å². The maximum Gasteiger partial charge on any atom is 0.254 e. The first kappa shape index (κ1) is 12.0. The SMILES string of the molecule is O=C(c1cccc(-n2cccc2)c1)N1CCOCC1. The van der Waals surface area contributed by atoms with Gasteiger partial charge < -0.3 is 14.2 Å². The van der Waals surface area contributed by atoms with Crippen LogP contribution in [0.3, 0.4) is 0 Å². The second kappa shape index (κ2) is 5.28. The molecular weight excluding hydrogens is 240 g/mol. The van der Waals surface area contributed by atoms with Crippen molar-refractivity contribution >= 4 is 5.91 Å². The Balaban J connectivity index is 1.84. The second-order valence-electron chi connectivity index (χ2n) is 4.55. The number of nitrogens with zero attached hydrogens (tertiary/aromatic N) is 2. The Morgan fingerprint density at radius 2 is 1.79 bits per heavy atom. The molecule has 98 valence electrons. The lowest BCUT2D eigenvalue weighted by molar-refractivity contribution is 0.0303. The van der Waals surface area contributed by atoms with Gasteiger partial charge in [0, 0.05) is 36.7 Å². The molecular formula is C15H16N2O2. The fourth-order valence-corrected chi connectivity index (χ4v) is 2.26. The van der Waals surface area contributed by atoms with Crippen LogP contribution in [0.25, 0.3) is 5.69 Å². The standard InChI is InChI=1S/C15H16N2O2/c18-15(17-8-10-19-11-9-17)13-4-3-5-14(12-13)16-6-1-2-7-16/h1-7,12H,8-11H2. The van der Waals surface area contributed by atoms with E-state index in [1.807, 2.05) is 58.3 Å². The molecule has 0 atom stereocenters. The molecule has 1 amide bonds. The summed E-state index contributed by atoms with van der Waals surface area (Å²) in [6.07, 6.45) is 3.94. The van der Waals surface area contributed by atoms with Crippen molar-refractivity contribution in [1.82, 2.24) is 9.47 Å². The predicted octanol–water partition coefficient (Wildman–Crippen LogP) is 1.95. The van der Waals surface area contributed by atoms with E-state index in [-0.39, 0.29) is 5.91 Å². The summed E-state index contributed by atoms with van der Waals surface area (Å²) in [5.74, 6) is 0.0808. The fraction of sp³-hybridized carbons (Fsp3) is 0.267. The first-order chi connectivity index (χ1) is 9.34. The van der Waals surface area contributed by atoms with Crippen molar-refractivity contribution in [2.75, 3.05) is 26.3 Å². The molecule has 2 aromatic rings. The maximum absolute atomic E-state index is 12.4. The van der Waals surface area contributed by atoms with Crippen molar-refractivity contribution in [3.63, 3.8) is 0 Å². The highest BCUT2D eigenvalue weighted by molar-refractivity contribution is 5.94. The van der Waals surface area contributed by atoms with Crippen LogP contribution < -0.4 is 0 Å². The van der Waals surface area contributed by atoms with Gasteiger partial charge in [0.15, 0.2) is 0 Å². The summed E-state index contributed by atoms with van der Waals surface area (Å²) in [5, 5.41) is 0. The molecule has 0 bridgehead atoms. The van der Waals surface area contributed by atoms with Crippen molar-refractivity contribution in [2.45, 2.75) is 0 Å². The van der Waals surface area contributed by atoms with E-state index in [1.54, 1.807) is 0 Å².